The Morgan fingerprint density at radius 3 is 1.98 bits per heavy atom. The minimum Gasteiger partial charge on any atom is -0.359 e. The summed E-state index contributed by atoms with van der Waals surface area (Å²) in [6.45, 7) is 7.44. The SMILES string of the molecule is CNCc1ccccc1.CSN(C)c1cc(C)cc(C=O)c1.Cc1ccccc1.O=CNCCCNCc1cccc(Cl)c1. The van der Waals surface area contributed by atoms with Crippen molar-refractivity contribution in [1.82, 2.24) is 16.0 Å². The lowest BCUT2D eigenvalue weighted by molar-refractivity contribution is -0.109. The highest BCUT2D eigenvalue weighted by Crippen LogP contribution is 2.21. The molecule has 236 valence electrons. The third kappa shape index (κ3) is 18.8. The van der Waals surface area contributed by atoms with Crippen molar-refractivity contribution in [3.05, 3.63) is 136 Å². The summed E-state index contributed by atoms with van der Waals surface area (Å²) in [7, 11) is 3.93. The number of nitrogens with zero attached hydrogens (tertiary/aromatic N) is 1. The topological polar surface area (TPSA) is 73.5 Å². The van der Waals surface area contributed by atoms with Gasteiger partial charge in [0, 0.05) is 49.2 Å². The normalized spacial score (nSPS) is 9.59. The number of aryl methyl sites for hydroxylation is 2. The number of carbonyl (C=O) groups excluding carboxylic acids is 2. The van der Waals surface area contributed by atoms with Gasteiger partial charge in [-0.15, -0.1) is 0 Å². The lowest BCUT2D eigenvalue weighted by Crippen LogP contribution is -2.20. The maximum Gasteiger partial charge on any atom is 0.207 e. The molecule has 44 heavy (non-hydrogen) atoms. The van der Waals surface area contributed by atoms with E-state index in [0.717, 1.165) is 60.6 Å². The van der Waals surface area contributed by atoms with E-state index in [9.17, 15) is 9.59 Å². The quantitative estimate of drug-likeness (QED) is 0.0852. The molecule has 0 fully saturated rings. The van der Waals surface area contributed by atoms with Crippen LogP contribution in [0.1, 0.15) is 39.0 Å². The van der Waals surface area contributed by atoms with Gasteiger partial charge >= 0.3 is 0 Å². The van der Waals surface area contributed by atoms with Crippen LogP contribution in [0, 0.1) is 13.8 Å². The van der Waals surface area contributed by atoms with Crippen LogP contribution >= 0.6 is 23.5 Å². The minimum atomic E-state index is 0.714. The van der Waals surface area contributed by atoms with E-state index < -0.39 is 0 Å². The molecule has 0 aromatic heterocycles. The molecule has 0 bridgehead atoms. The zero-order chi connectivity index (χ0) is 32.4. The number of aldehydes is 1. The van der Waals surface area contributed by atoms with Crippen molar-refractivity contribution in [2.75, 3.05) is 37.7 Å². The first-order valence-electron chi connectivity index (χ1n) is 14.5. The molecule has 0 spiro atoms. The molecule has 1 amide bonds. The van der Waals surface area contributed by atoms with E-state index in [1.165, 1.54) is 16.7 Å². The van der Waals surface area contributed by atoms with Crippen LogP contribution in [-0.2, 0) is 17.9 Å². The van der Waals surface area contributed by atoms with Crippen LogP contribution in [0.3, 0.4) is 0 Å². The van der Waals surface area contributed by atoms with Gasteiger partial charge in [0.05, 0.1) is 0 Å². The van der Waals surface area contributed by atoms with Crippen molar-refractivity contribution in [3.63, 3.8) is 0 Å². The fourth-order valence-electron chi connectivity index (χ4n) is 3.74. The predicted molar refractivity (Wildman–Crippen MR) is 191 cm³/mol. The van der Waals surface area contributed by atoms with Gasteiger partial charge in [-0.3, -0.25) is 9.59 Å². The van der Waals surface area contributed by atoms with Gasteiger partial charge in [-0.1, -0.05) is 102 Å². The first kappa shape index (κ1) is 38.4. The smallest absolute Gasteiger partial charge is 0.207 e. The van der Waals surface area contributed by atoms with Crippen molar-refractivity contribution in [2.24, 2.45) is 0 Å². The summed E-state index contributed by atoms with van der Waals surface area (Å²) in [5.41, 5.74) is 6.74. The Labute approximate surface area is 273 Å². The zero-order valence-corrected chi connectivity index (χ0v) is 28.1. The second-order valence-corrected chi connectivity index (χ2v) is 11.2. The van der Waals surface area contributed by atoms with Crippen molar-refractivity contribution in [1.29, 1.82) is 0 Å². The highest BCUT2D eigenvalue weighted by atomic mass is 35.5. The van der Waals surface area contributed by atoms with Crippen LogP contribution in [0.5, 0.6) is 0 Å². The second kappa shape index (κ2) is 24.8. The number of halogens is 1. The molecule has 4 aromatic rings. The number of rotatable bonds is 12. The summed E-state index contributed by atoms with van der Waals surface area (Å²) < 4.78 is 2.03. The molecular formula is C36H47ClN4O2S. The molecule has 0 aliphatic rings. The van der Waals surface area contributed by atoms with Crippen molar-refractivity contribution in [2.45, 2.75) is 33.4 Å². The van der Waals surface area contributed by atoms with E-state index in [2.05, 4.69) is 53.2 Å². The van der Waals surface area contributed by atoms with Gasteiger partial charge in [-0.05, 0) is 80.9 Å². The lowest BCUT2D eigenvalue weighted by Gasteiger charge is -2.16. The van der Waals surface area contributed by atoms with Crippen molar-refractivity contribution < 1.29 is 9.59 Å². The predicted octanol–water partition coefficient (Wildman–Crippen LogP) is 7.49. The molecule has 0 aliphatic heterocycles. The molecule has 0 heterocycles. The van der Waals surface area contributed by atoms with Crippen LogP contribution in [0.4, 0.5) is 5.69 Å². The maximum atomic E-state index is 10.6. The Morgan fingerprint density at radius 2 is 1.43 bits per heavy atom. The molecule has 0 saturated carbocycles. The summed E-state index contributed by atoms with van der Waals surface area (Å²) >= 11 is 7.47. The van der Waals surface area contributed by atoms with Crippen LogP contribution in [-0.4, -0.2) is 46.1 Å². The number of anilines is 1. The average Bonchev–Trinajstić information content (AvgIpc) is 3.04. The molecule has 8 heteroatoms. The van der Waals surface area contributed by atoms with Gasteiger partial charge in [0.15, 0.2) is 0 Å². The Hall–Kier alpha value is -3.62. The van der Waals surface area contributed by atoms with Crippen LogP contribution in [0.15, 0.2) is 103 Å². The molecular weight excluding hydrogens is 588 g/mol. The number of hydrogen-bond donors (Lipinski definition) is 3. The van der Waals surface area contributed by atoms with Crippen molar-refractivity contribution >= 4 is 41.9 Å². The third-order valence-electron chi connectivity index (χ3n) is 6.00. The van der Waals surface area contributed by atoms with Gasteiger partial charge < -0.3 is 20.3 Å². The first-order valence-corrected chi connectivity index (χ1v) is 16.1. The number of nitrogens with one attached hydrogen (secondary N) is 3. The summed E-state index contributed by atoms with van der Waals surface area (Å²) in [5.74, 6) is 0. The van der Waals surface area contributed by atoms with Crippen LogP contribution in [0.2, 0.25) is 5.02 Å². The molecule has 0 unspecified atom stereocenters. The Morgan fingerprint density at radius 1 is 0.773 bits per heavy atom. The molecule has 4 aromatic carbocycles. The number of carbonyl (C=O) groups is 2. The summed E-state index contributed by atoms with van der Waals surface area (Å²) in [4.78, 5) is 20.5. The van der Waals surface area contributed by atoms with Crippen LogP contribution < -0.4 is 20.3 Å². The third-order valence-corrected chi connectivity index (χ3v) is 6.99. The summed E-state index contributed by atoms with van der Waals surface area (Å²) in [5, 5.41) is 9.73. The molecule has 0 saturated heterocycles. The van der Waals surface area contributed by atoms with E-state index in [1.807, 2.05) is 104 Å². The van der Waals surface area contributed by atoms with E-state index >= 15 is 0 Å². The zero-order valence-electron chi connectivity index (χ0n) is 26.6. The highest BCUT2D eigenvalue weighted by molar-refractivity contribution is 7.99. The summed E-state index contributed by atoms with van der Waals surface area (Å²) in [6, 6.07) is 34.2. The largest absolute Gasteiger partial charge is 0.359 e. The van der Waals surface area contributed by atoms with Crippen molar-refractivity contribution in [3.8, 4) is 0 Å². The summed E-state index contributed by atoms with van der Waals surface area (Å²) in [6.07, 6.45) is 4.53. The van der Waals surface area contributed by atoms with Crippen LogP contribution in [0.25, 0.3) is 0 Å². The molecule has 0 atom stereocenters. The fourth-order valence-corrected chi connectivity index (χ4v) is 4.26. The van der Waals surface area contributed by atoms with E-state index in [-0.39, 0.29) is 0 Å². The molecule has 6 nitrogen and oxygen atoms in total. The molecule has 4 rings (SSSR count). The van der Waals surface area contributed by atoms with E-state index in [1.54, 1.807) is 11.9 Å². The second-order valence-electron chi connectivity index (χ2n) is 9.80. The number of hydrogen-bond acceptors (Lipinski definition) is 6. The first-order chi connectivity index (χ1) is 21.3. The van der Waals surface area contributed by atoms with Gasteiger partial charge in [0.2, 0.25) is 6.41 Å². The number of amides is 1. The highest BCUT2D eigenvalue weighted by Gasteiger charge is 2.01. The molecule has 0 aliphatic carbocycles. The van der Waals surface area contributed by atoms with Gasteiger partial charge in [0.25, 0.3) is 0 Å². The van der Waals surface area contributed by atoms with Gasteiger partial charge in [0.1, 0.15) is 6.29 Å². The Kier molecular flexibility index (Phi) is 21.6. The minimum absolute atomic E-state index is 0.714. The Balaban J connectivity index is 0.000000304. The molecule has 3 N–H and O–H groups in total. The van der Waals surface area contributed by atoms with Gasteiger partial charge in [-0.25, -0.2) is 0 Å². The number of benzene rings is 4. The monoisotopic (exact) mass is 634 g/mol. The fraction of sp³-hybridized carbons (Fsp3) is 0.278. The molecule has 0 radical (unpaired) electrons. The average molecular weight is 635 g/mol. The van der Waals surface area contributed by atoms with E-state index in [4.69, 9.17) is 11.6 Å². The van der Waals surface area contributed by atoms with Gasteiger partial charge in [-0.2, -0.15) is 0 Å². The Bertz CT molecular complexity index is 1310. The van der Waals surface area contributed by atoms with E-state index in [0.29, 0.717) is 6.54 Å². The lowest BCUT2D eigenvalue weighted by atomic mass is 10.1. The standard InChI is InChI=1S/C11H15ClN2O.C10H13NOS.C8H11N.C7H8/c12-11-4-1-3-10(7-11)8-13-5-2-6-14-9-15;1-8-4-9(7-12)6-10(5-8)11(2)13-3;1-9-7-8-5-3-2-4-6-8;1-7-5-3-2-4-6-7/h1,3-4,7,9,13H,2,5-6,8H2,(H,14,15);4-7H,1-3H3;2-6,9H,7H2,1H3;2-6H,1H3. The maximum absolute atomic E-state index is 10.6.